The average molecular weight is 248 g/mol. The van der Waals surface area contributed by atoms with Crippen molar-refractivity contribution in [1.29, 1.82) is 0 Å². The second kappa shape index (κ2) is 7.40. The highest BCUT2D eigenvalue weighted by Gasteiger charge is 2.27. The normalized spacial score (nSPS) is 23.1. The predicted octanol–water partition coefficient (Wildman–Crippen LogP) is 1.94. The molecule has 2 atom stereocenters. The first-order valence-corrected chi connectivity index (χ1v) is 8.61. The Morgan fingerprint density at radius 3 is 2.56 bits per heavy atom. The number of ether oxygens (including phenoxy) is 2. The molecule has 16 heavy (non-hydrogen) atoms. The third-order valence-electron chi connectivity index (χ3n) is 2.87. The molecule has 0 radical (unpaired) electrons. The van der Waals surface area contributed by atoms with E-state index in [1.165, 1.54) is 0 Å². The summed E-state index contributed by atoms with van der Waals surface area (Å²) >= 11 is 0. The summed E-state index contributed by atoms with van der Waals surface area (Å²) in [5.74, 6) is 0. The van der Waals surface area contributed by atoms with Gasteiger partial charge in [-0.2, -0.15) is 0 Å². The van der Waals surface area contributed by atoms with E-state index in [0.29, 0.717) is 6.10 Å². The Balaban J connectivity index is 1.86. The molecule has 0 saturated carbocycles. The topological polar surface area (TPSA) is 40.2 Å². The molecule has 0 aromatic rings. The SMILES string of the molecule is CC[Si](C)(OC)OCCCCOCC1CO1. The van der Waals surface area contributed by atoms with Crippen LogP contribution in [0.15, 0.2) is 0 Å². The van der Waals surface area contributed by atoms with Crippen molar-refractivity contribution in [2.45, 2.75) is 38.5 Å². The van der Waals surface area contributed by atoms with E-state index in [-0.39, 0.29) is 0 Å². The number of hydrogen-bond acceptors (Lipinski definition) is 4. The molecule has 1 aliphatic rings. The zero-order chi connectivity index (χ0) is 11.9. The van der Waals surface area contributed by atoms with Gasteiger partial charge < -0.3 is 18.3 Å². The Kier molecular flexibility index (Phi) is 6.53. The highest BCUT2D eigenvalue weighted by atomic mass is 28.4. The summed E-state index contributed by atoms with van der Waals surface area (Å²) in [4.78, 5) is 0. The molecule has 0 bridgehead atoms. The Hall–Kier alpha value is 0.0569. The van der Waals surface area contributed by atoms with E-state index in [9.17, 15) is 0 Å². The van der Waals surface area contributed by atoms with Crippen LogP contribution in [-0.4, -0.2) is 48.2 Å². The third kappa shape index (κ3) is 5.96. The number of rotatable bonds is 10. The molecule has 2 unspecified atom stereocenters. The Labute approximate surface area is 99.5 Å². The lowest BCUT2D eigenvalue weighted by molar-refractivity contribution is 0.108. The molecule has 1 fully saturated rings. The van der Waals surface area contributed by atoms with E-state index >= 15 is 0 Å². The van der Waals surface area contributed by atoms with Crippen molar-refractivity contribution >= 4 is 8.56 Å². The zero-order valence-electron chi connectivity index (χ0n) is 10.7. The molecule has 5 heteroatoms. The van der Waals surface area contributed by atoms with E-state index in [0.717, 1.165) is 45.3 Å². The maximum atomic E-state index is 5.80. The quantitative estimate of drug-likeness (QED) is 0.336. The highest BCUT2D eigenvalue weighted by molar-refractivity contribution is 6.65. The second-order valence-corrected chi connectivity index (χ2v) is 7.95. The maximum absolute atomic E-state index is 5.80. The number of unbranched alkanes of at least 4 members (excludes halogenated alkanes) is 1. The fourth-order valence-corrected chi connectivity index (χ4v) is 2.47. The molecule has 96 valence electrons. The van der Waals surface area contributed by atoms with Gasteiger partial charge in [-0.15, -0.1) is 0 Å². The second-order valence-electron chi connectivity index (χ2n) is 4.28. The largest absolute Gasteiger partial charge is 0.398 e. The standard InChI is InChI=1S/C11H24O4Si/c1-4-16(3,12-2)15-8-6-5-7-13-9-11-10-14-11/h11H,4-10H2,1-3H3. The molecule has 1 saturated heterocycles. The summed E-state index contributed by atoms with van der Waals surface area (Å²) in [6, 6.07) is 0.999. The fourth-order valence-electron chi connectivity index (χ4n) is 1.28. The van der Waals surface area contributed by atoms with Crippen LogP contribution in [0, 0.1) is 0 Å². The summed E-state index contributed by atoms with van der Waals surface area (Å²) in [6.45, 7) is 7.44. The molecule has 0 spiro atoms. The lowest BCUT2D eigenvalue weighted by atomic mass is 10.3. The van der Waals surface area contributed by atoms with Crippen molar-refractivity contribution in [3.8, 4) is 0 Å². The van der Waals surface area contributed by atoms with Gasteiger partial charge in [0.2, 0.25) is 0 Å². The van der Waals surface area contributed by atoms with E-state index in [1.807, 2.05) is 0 Å². The van der Waals surface area contributed by atoms with Crippen LogP contribution in [0.3, 0.4) is 0 Å². The van der Waals surface area contributed by atoms with E-state index in [4.69, 9.17) is 18.3 Å². The van der Waals surface area contributed by atoms with Crippen LogP contribution >= 0.6 is 0 Å². The maximum Gasteiger partial charge on any atom is 0.334 e. The lowest BCUT2D eigenvalue weighted by Crippen LogP contribution is -2.36. The highest BCUT2D eigenvalue weighted by Crippen LogP contribution is 2.12. The Morgan fingerprint density at radius 1 is 1.31 bits per heavy atom. The molecule has 1 aliphatic heterocycles. The van der Waals surface area contributed by atoms with Gasteiger partial charge in [-0.1, -0.05) is 6.92 Å². The third-order valence-corrected chi connectivity index (χ3v) is 5.83. The molecule has 0 aromatic carbocycles. The van der Waals surface area contributed by atoms with Crippen LogP contribution in [0.5, 0.6) is 0 Å². The summed E-state index contributed by atoms with van der Waals surface area (Å²) < 4.78 is 21.7. The van der Waals surface area contributed by atoms with Gasteiger partial charge in [0.05, 0.1) is 13.2 Å². The van der Waals surface area contributed by atoms with E-state index in [2.05, 4.69) is 13.5 Å². The minimum atomic E-state index is -1.83. The Morgan fingerprint density at radius 2 is 2.00 bits per heavy atom. The minimum absolute atomic E-state index is 0.375. The smallest absolute Gasteiger partial charge is 0.334 e. The van der Waals surface area contributed by atoms with Crippen molar-refractivity contribution in [3.63, 3.8) is 0 Å². The summed E-state index contributed by atoms with van der Waals surface area (Å²) in [5, 5.41) is 0. The van der Waals surface area contributed by atoms with Gasteiger partial charge in [-0.25, -0.2) is 0 Å². The minimum Gasteiger partial charge on any atom is -0.398 e. The van der Waals surface area contributed by atoms with Crippen LogP contribution in [0.2, 0.25) is 12.6 Å². The van der Waals surface area contributed by atoms with Crippen molar-refractivity contribution in [2.75, 3.05) is 33.5 Å². The number of epoxide rings is 1. The summed E-state index contributed by atoms with van der Waals surface area (Å²) in [6.07, 6.45) is 2.46. The first kappa shape index (κ1) is 14.1. The van der Waals surface area contributed by atoms with Gasteiger partial charge in [-0.05, 0) is 25.4 Å². The van der Waals surface area contributed by atoms with Gasteiger partial charge in [0.15, 0.2) is 0 Å². The van der Waals surface area contributed by atoms with Crippen molar-refractivity contribution in [3.05, 3.63) is 0 Å². The summed E-state index contributed by atoms with van der Waals surface area (Å²) in [5.41, 5.74) is 0. The average Bonchev–Trinajstić information content (AvgIpc) is 3.11. The molecule has 0 aliphatic carbocycles. The molecule has 0 N–H and O–H groups in total. The van der Waals surface area contributed by atoms with Crippen molar-refractivity contribution < 1.29 is 18.3 Å². The molecule has 1 heterocycles. The van der Waals surface area contributed by atoms with Gasteiger partial charge in [0.1, 0.15) is 6.10 Å². The molecule has 1 rings (SSSR count). The van der Waals surface area contributed by atoms with Crippen LogP contribution in [0.1, 0.15) is 19.8 Å². The molecule has 0 aromatic heterocycles. The first-order chi connectivity index (χ1) is 7.70. The number of hydrogen-bond donors (Lipinski definition) is 0. The van der Waals surface area contributed by atoms with Crippen LogP contribution < -0.4 is 0 Å². The molecule has 0 amide bonds. The Bertz CT molecular complexity index is 181. The van der Waals surface area contributed by atoms with E-state index < -0.39 is 8.56 Å². The van der Waals surface area contributed by atoms with Crippen LogP contribution in [-0.2, 0) is 18.3 Å². The van der Waals surface area contributed by atoms with Crippen molar-refractivity contribution in [1.82, 2.24) is 0 Å². The van der Waals surface area contributed by atoms with Gasteiger partial charge in [0.25, 0.3) is 0 Å². The van der Waals surface area contributed by atoms with E-state index in [1.54, 1.807) is 7.11 Å². The first-order valence-electron chi connectivity index (χ1n) is 6.08. The van der Waals surface area contributed by atoms with Crippen molar-refractivity contribution in [2.24, 2.45) is 0 Å². The fraction of sp³-hybridized carbons (Fsp3) is 1.00. The molecule has 4 nitrogen and oxygen atoms in total. The van der Waals surface area contributed by atoms with Crippen LogP contribution in [0.25, 0.3) is 0 Å². The monoisotopic (exact) mass is 248 g/mol. The molecular formula is C11H24O4Si. The lowest BCUT2D eigenvalue weighted by Gasteiger charge is -2.23. The van der Waals surface area contributed by atoms with Gasteiger partial charge in [-0.3, -0.25) is 0 Å². The zero-order valence-corrected chi connectivity index (χ0v) is 11.7. The van der Waals surface area contributed by atoms with Gasteiger partial charge in [0, 0.05) is 20.3 Å². The summed E-state index contributed by atoms with van der Waals surface area (Å²) in [7, 11) is -0.0900. The predicted molar refractivity (Wildman–Crippen MR) is 64.9 cm³/mol. The van der Waals surface area contributed by atoms with Crippen LogP contribution in [0.4, 0.5) is 0 Å². The molecular weight excluding hydrogens is 224 g/mol. The van der Waals surface area contributed by atoms with Gasteiger partial charge >= 0.3 is 8.56 Å².